The molecule has 0 aliphatic heterocycles. The molecule has 6 N–H and O–H groups in total. The number of hydrogen-bond donors (Lipinski definition) is 5. The number of benzene rings is 1. The van der Waals surface area contributed by atoms with Crippen molar-refractivity contribution in [2.75, 3.05) is 6.54 Å². The van der Waals surface area contributed by atoms with Crippen molar-refractivity contribution in [2.45, 2.75) is 38.2 Å². The van der Waals surface area contributed by atoms with Gasteiger partial charge in [0.05, 0.1) is 0 Å². The molecule has 7 nitrogen and oxygen atoms in total. The third-order valence-corrected chi connectivity index (χ3v) is 3.39. The van der Waals surface area contributed by atoms with Crippen LogP contribution >= 0.6 is 0 Å². The van der Waals surface area contributed by atoms with E-state index in [2.05, 4.69) is 5.32 Å². The molecule has 0 aliphatic carbocycles. The molecule has 23 heavy (non-hydrogen) atoms. The molecule has 1 amide bonds. The Morgan fingerprint density at radius 1 is 1.22 bits per heavy atom. The summed E-state index contributed by atoms with van der Waals surface area (Å²) in [7, 11) is 0. The summed E-state index contributed by atoms with van der Waals surface area (Å²) in [6.45, 7) is 0.439. The van der Waals surface area contributed by atoms with E-state index < -0.39 is 18.0 Å². The third kappa shape index (κ3) is 7.42. The Balaban J connectivity index is 2.18. The maximum Gasteiger partial charge on any atom is 0.303 e. The summed E-state index contributed by atoms with van der Waals surface area (Å²) in [4.78, 5) is 21.9. The van der Waals surface area contributed by atoms with Gasteiger partial charge in [-0.1, -0.05) is 24.3 Å². The third-order valence-electron chi connectivity index (χ3n) is 3.39. The van der Waals surface area contributed by atoms with Crippen molar-refractivity contribution in [2.24, 2.45) is 5.73 Å². The van der Waals surface area contributed by atoms with Crippen LogP contribution in [0.1, 0.15) is 36.8 Å². The van der Waals surface area contributed by atoms with Gasteiger partial charge in [-0.25, -0.2) is 0 Å². The molecule has 0 heterocycles. The fraction of sp³-hybridized carbons (Fsp3) is 0.438. The van der Waals surface area contributed by atoms with Crippen LogP contribution in [0.4, 0.5) is 0 Å². The van der Waals surface area contributed by atoms with Crippen molar-refractivity contribution in [3.05, 3.63) is 35.4 Å². The topological polar surface area (TPSA) is 136 Å². The van der Waals surface area contributed by atoms with Gasteiger partial charge >= 0.3 is 5.97 Å². The lowest BCUT2D eigenvalue weighted by Crippen LogP contribution is -2.35. The first-order valence-corrected chi connectivity index (χ1v) is 7.51. The van der Waals surface area contributed by atoms with Crippen LogP contribution in [0.3, 0.4) is 0 Å². The molecular formula is C16H23N3O4. The number of amides is 1. The smallest absolute Gasteiger partial charge is 0.303 e. The number of carboxylic acid groups (broad SMARTS) is 1. The first-order valence-electron chi connectivity index (χ1n) is 7.51. The second-order valence-corrected chi connectivity index (χ2v) is 5.31. The number of hydrogen-bond acceptors (Lipinski definition) is 4. The van der Waals surface area contributed by atoms with E-state index in [1.54, 1.807) is 12.1 Å². The minimum absolute atomic E-state index is 0.0423. The van der Waals surface area contributed by atoms with Gasteiger partial charge in [-0.2, -0.15) is 0 Å². The Hall–Kier alpha value is -2.41. The Bertz CT molecular complexity index is 543. The molecule has 1 atom stereocenters. The van der Waals surface area contributed by atoms with Gasteiger partial charge in [0.15, 0.2) is 0 Å². The van der Waals surface area contributed by atoms with Gasteiger partial charge in [-0.15, -0.1) is 0 Å². The van der Waals surface area contributed by atoms with Crippen LogP contribution in [0.2, 0.25) is 0 Å². The van der Waals surface area contributed by atoms with Crippen molar-refractivity contribution in [1.29, 1.82) is 5.41 Å². The lowest BCUT2D eigenvalue weighted by atomic mass is 10.1. The van der Waals surface area contributed by atoms with Crippen molar-refractivity contribution in [1.82, 2.24) is 5.32 Å². The zero-order valence-electron chi connectivity index (χ0n) is 12.9. The first-order chi connectivity index (χ1) is 10.9. The molecule has 0 radical (unpaired) electrons. The number of carbonyl (C=O) groups is 2. The molecule has 1 aromatic carbocycles. The largest absolute Gasteiger partial charge is 0.481 e. The minimum Gasteiger partial charge on any atom is -0.481 e. The lowest BCUT2D eigenvalue weighted by molar-refractivity contribution is -0.138. The van der Waals surface area contributed by atoms with Gasteiger partial charge < -0.3 is 21.3 Å². The highest BCUT2D eigenvalue weighted by atomic mass is 16.4. The number of nitrogens with one attached hydrogen (secondary N) is 2. The predicted octanol–water partition coefficient (Wildman–Crippen LogP) is 0.635. The molecule has 126 valence electrons. The maximum atomic E-state index is 11.5. The van der Waals surface area contributed by atoms with Gasteiger partial charge in [0.25, 0.3) is 0 Å². The molecule has 0 fully saturated rings. The number of unbranched alkanes of at least 4 members (excludes halogenated alkanes) is 1. The summed E-state index contributed by atoms with van der Waals surface area (Å²) < 4.78 is 0. The van der Waals surface area contributed by atoms with Crippen LogP contribution in [0.5, 0.6) is 0 Å². The molecule has 1 rings (SSSR count). The molecule has 1 aromatic rings. The van der Waals surface area contributed by atoms with Crippen LogP contribution in [0, 0.1) is 5.41 Å². The quantitative estimate of drug-likeness (QED) is 0.245. The van der Waals surface area contributed by atoms with Crippen LogP contribution in [-0.2, 0) is 16.0 Å². The van der Waals surface area contributed by atoms with Gasteiger partial charge in [-0.05, 0) is 31.2 Å². The molecular weight excluding hydrogens is 298 g/mol. The van der Waals surface area contributed by atoms with E-state index in [9.17, 15) is 14.7 Å². The van der Waals surface area contributed by atoms with Crippen LogP contribution < -0.4 is 11.1 Å². The summed E-state index contributed by atoms with van der Waals surface area (Å²) in [5, 5.41) is 27.9. The number of aliphatic hydroxyl groups is 1. The van der Waals surface area contributed by atoms with Crippen LogP contribution in [0.15, 0.2) is 24.3 Å². The number of aliphatic hydroxyl groups excluding tert-OH is 1. The number of nitrogens with two attached hydrogens (primary N) is 1. The Kier molecular flexibility index (Phi) is 7.76. The van der Waals surface area contributed by atoms with E-state index in [0.29, 0.717) is 12.1 Å². The first kappa shape index (κ1) is 18.6. The SMILES string of the molecule is N=C(N)c1ccc(CCCCNC(=O)[C@H](O)CCC(=O)O)cc1. The Labute approximate surface area is 135 Å². The van der Waals surface area contributed by atoms with Crippen molar-refractivity contribution >= 4 is 17.7 Å². The van der Waals surface area contributed by atoms with E-state index in [0.717, 1.165) is 24.8 Å². The number of carboxylic acids is 1. The highest BCUT2D eigenvalue weighted by molar-refractivity contribution is 5.94. The fourth-order valence-electron chi connectivity index (χ4n) is 2.03. The molecule has 0 saturated heterocycles. The Morgan fingerprint density at radius 3 is 2.43 bits per heavy atom. The highest BCUT2D eigenvalue weighted by Crippen LogP contribution is 2.07. The lowest BCUT2D eigenvalue weighted by Gasteiger charge is -2.10. The zero-order valence-corrected chi connectivity index (χ0v) is 12.9. The average Bonchev–Trinajstić information content (AvgIpc) is 2.52. The monoisotopic (exact) mass is 321 g/mol. The molecule has 0 bridgehead atoms. The van der Waals surface area contributed by atoms with Gasteiger partial charge in [-0.3, -0.25) is 15.0 Å². The van der Waals surface area contributed by atoms with Gasteiger partial charge in [0.1, 0.15) is 11.9 Å². The number of aliphatic carboxylic acids is 1. The molecule has 7 heteroatoms. The number of carbonyl (C=O) groups excluding carboxylic acids is 1. The average molecular weight is 321 g/mol. The second kappa shape index (κ2) is 9.58. The van der Waals surface area contributed by atoms with Gasteiger partial charge in [0, 0.05) is 18.5 Å². The molecule has 0 aromatic heterocycles. The van der Waals surface area contributed by atoms with E-state index in [-0.39, 0.29) is 18.7 Å². The number of nitrogen functional groups attached to an aromatic ring is 1. The van der Waals surface area contributed by atoms with E-state index >= 15 is 0 Å². The summed E-state index contributed by atoms with van der Waals surface area (Å²) in [6.07, 6.45) is 0.881. The van der Waals surface area contributed by atoms with E-state index in [1.807, 2.05) is 12.1 Å². The summed E-state index contributed by atoms with van der Waals surface area (Å²) in [5.74, 6) is -1.52. The van der Waals surface area contributed by atoms with Gasteiger partial charge in [0.2, 0.25) is 5.91 Å². The van der Waals surface area contributed by atoms with Crippen molar-refractivity contribution in [3.63, 3.8) is 0 Å². The molecule has 0 spiro atoms. The maximum absolute atomic E-state index is 11.5. The minimum atomic E-state index is -1.27. The molecule has 0 aliphatic rings. The number of aryl methyl sites for hydroxylation is 1. The highest BCUT2D eigenvalue weighted by Gasteiger charge is 2.15. The number of amidine groups is 1. The number of rotatable bonds is 10. The van der Waals surface area contributed by atoms with E-state index in [4.69, 9.17) is 16.2 Å². The summed E-state index contributed by atoms with van der Waals surface area (Å²) in [6, 6.07) is 7.45. The Morgan fingerprint density at radius 2 is 1.87 bits per heavy atom. The van der Waals surface area contributed by atoms with Crippen molar-refractivity contribution in [3.8, 4) is 0 Å². The second-order valence-electron chi connectivity index (χ2n) is 5.31. The molecule has 0 unspecified atom stereocenters. The summed E-state index contributed by atoms with van der Waals surface area (Å²) >= 11 is 0. The van der Waals surface area contributed by atoms with Crippen molar-refractivity contribution < 1.29 is 19.8 Å². The normalized spacial score (nSPS) is 11.7. The van der Waals surface area contributed by atoms with Crippen LogP contribution in [-0.4, -0.2) is 40.6 Å². The zero-order chi connectivity index (χ0) is 17.2. The molecule has 0 saturated carbocycles. The standard InChI is InChI=1S/C16H23N3O4/c17-15(18)12-6-4-11(5-7-12)3-1-2-10-19-16(23)13(20)8-9-14(21)22/h4-7,13,20H,1-3,8-10H2,(H3,17,18)(H,19,23)(H,21,22)/t13-/m1/s1. The van der Waals surface area contributed by atoms with E-state index in [1.165, 1.54) is 0 Å². The fourth-order valence-corrected chi connectivity index (χ4v) is 2.03. The predicted molar refractivity (Wildman–Crippen MR) is 86.3 cm³/mol. The summed E-state index contributed by atoms with van der Waals surface area (Å²) in [5.41, 5.74) is 7.20. The van der Waals surface area contributed by atoms with Crippen LogP contribution in [0.25, 0.3) is 0 Å².